The van der Waals surface area contributed by atoms with Crippen LogP contribution in [0.1, 0.15) is 74.6 Å². The van der Waals surface area contributed by atoms with Crippen LogP contribution in [0.2, 0.25) is 18.1 Å². The summed E-state index contributed by atoms with van der Waals surface area (Å²) in [6.45, 7) is 11.8. The van der Waals surface area contributed by atoms with Gasteiger partial charge in [0.1, 0.15) is 18.5 Å². The molecule has 0 radical (unpaired) electrons. The number of hydrogen-bond donors (Lipinski definition) is 0. The lowest BCUT2D eigenvalue weighted by atomic mass is 9.92. The monoisotopic (exact) mass is 818 g/mol. The van der Waals surface area contributed by atoms with Gasteiger partial charge in [0.15, 0.2) is 26.0 Å². The summed E-state index contributed by atoms with van der Waals surface area (Å²) < 4.78 is 124. The van der Waals surface area contributed by atoms with Gasteiger partial charge in [-0.05, 0) is 25.1 Å². The van der Waals surface area contributed by atoms with Gasteiger partial charge in [-0.25, -0.2) is 14.6 Å². The molecular formula is C38H48F6N2O9Si. The maximum absolute atomic E-state index is 15.1. The fraction of sp³-hybridized carbons (Fsp3) is 0.526. The Hall–Kier alpha value is -4.10. The van der Waals surface area contributed by atoms with Crippen LogP contribution in [0.15, 0.2) is 66.9 Å². The van der Waals surface area contributed by atoms with Crippen molar-refractivity contribution in [1.29, 1.82) is 0 Å². The standard InChI is InChI=1S/C38H48F6N2O9Si/c1-10-52-24-46-23-28(45-31(46)25(2)47)30(55-33(49)36(51-7,38(42,43)44)27-19-15-12-16-20-27)29(21-22-53-56(8,9)34(3,4)5)54-32(48)35(50-6,37(39,40)41)26-17-13-11-14-18-26/h11-20,23,29-30H,10,21-22,24H2,1-9H3/t29-,30+,35?,36?/m0/s1. The predicted molar refractivity (Wildman–Crippen MR) is 193 cm³/mol. The van der Waals surface area contributed by atoms with Gasteiger partial charge < -0.3 is 32.7 Å². The van der Waals surface area contributed by atoms with Crippen LogP contribution in [0, 0.1) is 0 Å². The lowest BCUT2D eigenvalue weighted by Crippen LogP contribution is -2.54. The molecule has 1 aromatic heterocycles. The largest absolute Gasteiger partial charge is 0.455 e. The summed E-state index contributed by atoms with van der Waals surface area (Å²) in [5.74, 6) is -5.06. The minimum atomic E-state index is -5.48. The summed E-state index contributed by atoms with van der Waals surface area (Å²) in [6, 6.07) is 11.6. The fourth-order valence-electron chi connectivity index (χ4n) is 5.58. The summed E-state index contributed by atoms with van der Waals surface area (Å²) in [7, 11) is -1.36. The summed E-state index contributed by atoms with van der Waals surface area (Å²) in [4.78, 5) is 45.2. The van der Waals surface area contributed by atoms with Crippen LogP contribution in [0.3, 0.4) is 0 Å². The van der Waals surface area contributed by atoms with E-state index in [1.54, 1.807) is 6.92 Å². The van der Waals surface area contributed by atoms with Crippen LogP contribution in [0.5, 0.6) is 0 Å². The van der Waals surface area contributed by atoms with Gasteiger partial charge in [0.05, 0.1) is 0 Å². The molecule has 0 bridgehead atoms. The molecule has 0 aliphatic carbocycles. The van der Waals surface area contributed by atoms with Crippen LogP contribution in [-0.4, -0.2) is 81.5 Å². The van der Waals surface area contributed by atoms with E-state index in [1.165, 1.54) is 36.4 Å². The topological polar surface area (TPSA) is 124 Å². The van der Waals surface area contributed by atoms with E-state index in [4.69, 9.17) is 28.1 Å². The molecule has 0 aliphatic heterocycles. The molecule has 3 rings (SSSR count). The number of ketones is 1. The Bertz CT molecular complexity index is 1780. The number of halogens is 6. The molecule has 0 N–H and O–H groups in total. The molecule has 4 atom stereocenters. The maximum atomic E-state index is 15.1. The number of carbonyl (C=O) groups is 3. The van der Waals surface area contributed by atoms with Crippen molar-refractivity contribution in [2.45, 2.75) is 102 Å². The average Bonchev–Trinajstić information content (AvgIpc) is 3.54. The first-order valence-electron chi connectivity index (χ1n) is 17.5. The van der Waals surface area contributed by atoms with Crippen LogP contribution in [-0.2, 0) is 55.6 Å². The molecule has 3 aromatic rings. The first-order chi connectivity index (χ1) is 25.9. The first kappa shape index (κ1) is 46.3. The van der Waals surface area contributed by atoms with Crippen LogP contribution in [0.25, 0.3) is 0 Å². The predicted octanol–water partition coefficient (Wildman–Crippen LogP) is 8.20. The lowest BCUT2D eigenvalue weighted by Gasteiger charge is -2.38. The Kier molecular flexibility index (Phi) is 14.9. The minimum absolute atomic E-state index is 0.156. The van der Waals surface area contributed by atoms with Crippen LogP contribution < -0.4 is 0 Å². The van der Waals surface area contributed by atoms with Gasteiger partial charge in [0.2, 0.25) is 0 Å². The van der Waals surface area contributed by atoms with Crippen molar-refractivity contribution in [3.05, 3.63) is 89.5 Å². The highest BCUT2D eigenvalue weighted by Gasteiger charge is 2.66. The van der Waals surface area contributed by atoms with E-state index in [0.717, 1.165) is 42.0 Å². The normalized spacial score (nSPS) is 16.0. The number of Topliss-reactive ketones (excluding diaryl/α,β-unsaturated/α-hetero) is 1. The van der Waals surface area contributed by atoms with E-state index in [9.17, 15) is 14.4 Å². The number of hydrogen-bond acceptors (Lipinski definition) is 10. The number of methoxy groups -OCH3 is 2. The van der Waals surface area contributed by atoms with E-state index in [2.05, 4.69) is 4.98 Å². The number of aromatic nitrogens is 2. The molecule has 0 fully saturated rings. The number of alkyl halides is 6. The van der Waals surface area contributed by atoms with Crippen LogP contribution >= 0.6 is 0 Å². The summed E-state index contributed by atoms with van der Waals surface area (Å²) in [5.41, 5.74) is -9.37. The smallest absolute Gasteiger partial charge is 0.432 e. The second kappa shape index (κ2) is 18.0. The van der Waals surface area contributed by atoms with E-state index >= 15 is 26.3 Å². The quantitative estimate of drug-likeness (QED) is 0.0537. The van der Waals surface area contributed by atoms with Crippen molar-refractivity contribution in [3.8, 4) is 0 Å². The van der Waals surface area contributed by atoms with Crippen molar-refractivity contribution in [2.24, 2.45) is 0 Å². The van der Waals surface area contributed by atoms with E-state index in [-0.39, 0.29) is 30.8 Å². The molecule has 18 heteroatoms. The number of benzene rings is 2. The van der Waals surface area contributed by atoms with E-state index in [0.29, 0.717) is 14.2 Å². The van der Waals surface area contributed by atoms with Gasteiger partial charge in [0.25, 0.3) is 11.2 Å². The minimum Gasteiger partial charge on any atom is -0.455 e. The summed E-state index contributed by atoms with van der Waals surface area (Å²) >= 11 is 0. The Morgan fingerprint density at radius 2 is 1.25 bits per heavy atom. The zero-order chi connectivity index (χ0) is 42.3. The molecule has 0 amide bonds. The number of ether oxygens (including phenoxy) is 5. The van der Waals surface area contributed by atoms with Crippen molar-refractivity contribution < 1.29 is 68.8 Å². The highest BCUT2D eigenvalue weighted by atomic mass is 28.4. The molecule has 310 valence electrons. The zero-order valence-corrected chi connectivity index (χ0v) is 33.7. The van der Waals surface area contributed by atoms with Gasteiger partial charge in [0, 0.05) is 58.1 Å². The van der Waals surface area contributed by atoms with Crippen molar-refractivity contribution >= 4 is 26.0 Å². The van der Waals surface area contributed by atoms with Crippen molar-refractivity contribution in [1.82, 2.24) is 9.55 Å². The number of imidazole rings is 1. The Morgan fingerprint density at radius 3 is 1.64 bits per heavy atom. The Morgan fingerprint density at radius 1 is 0.786 bits per heavy atom. The molecule has 2 aromatic carbocycles. The lowest BCUT2D eigenvalue weighted by molar-refractivity contribution is -0.286. The maximum Gasteiger partial charge on any atom is 0.432 e. The third-order valence-corrected chi connectivity index (χ3v) is 14.2. The molecule has 11 nitrogen and oxygen atoms in total. The van der Waals surface area contributed by atoms with E-state index < -0.39 is 85.0 Å². The van der Waals surface area contributed by atoms with Gasteiger partial charge in [-0.15, -0.1) is 0 Å². The number of nitrogens with zero attached hydrogens (tertiary/aromatic N) is 2. The SMILES string of the molecule is CCOCn1cc([C@@H](OC(=O)C(OC)(c2ccccc2)C(F)(F)F)[C@H](CCO[Si](C)(C)C(C)(C)C)OC(=O)C(OC)(c2ccccc2)C(F)(F)F)nc1C(C)=O. The molecule has 56 heavy (non-hydrogen) atoms. The molecule has 0 saturated carbocycles. The molecule has 0 saturated heterocycles. The molecular weight excluding hydrogens is 770 g/mol. The molecule has 0 spiro atoms. The second-order valence-corrected chi connectivity index (χ2v) is 19.1. The highest BCUT2D eigenvalue weighted by molar-refractivity contribution is 6.74. The van der Waals surface area contributed by atoms with Crippen molar-refractivity contribution in [2.75, 3.05) is 27.4 Å². The van der Waals surface area contributed by atoms with E-state index in [1.807, 2.05) is 33.9 Å². The van der Waals surface area contributed by atoms with Crippen LogP contribution in [0.4, 0.5) is 26.3 Å². The highest BCUT2D eigenvalue weighted by Crippen LogP contribution is 2.46. The first-order valence-corrected chi connectivity index (χ1v) is 20.4. The molecule has 2 unspecified atom stereocenters. The number of carbonyl (C=O) groups excluding carboxylic acids is 3. The molecule has 0 aliphatic rings. The zero-order valence-electron chi connectivity index (χ0n) is 32.7. The van der Waals surface area contributed by atoms with Gasteiger partial charge in [-0.2, -0.15) is 26.3 Å². The summed E-state index contributed by atoms with van der Waals surface area (Å²) in [6.07, 6.45) is -14.6. The third kappa shape index (κ3) is 9.53. The molecule has 1 heterocycles. The second-order valence-electron chi connectivity index (χ2n) is 14.3. The fourth-order valence-corrected chi connectivity index (χ4v) is 6.64. The van der Waals surface area contributed by atoms with Gasteiger partial charge in [-0.1, -0.05) is 81.4 Å². The third-order valence-electron chi connectivity index (χ3n) is 9.68. The number of rotatable bonds is 18. The number of esters is 2. The van der Waals surface area contributed by atoms with Gasteiger partial charge in [-0.3, -0.25) is 4.79 Å². The Balaban J connectivity index is 2.35. The summed E-state index contributed by atoms with van der Waals surface area (Å²) in [5, 5.41) is -0.380. The van der Waals surface area contributed by atoms with Crippen molar-refractivity contribution in [3.63, 3.8) is 0 Å². The average molecular weight is 819 g/mol. The van der Waals surface area contributed by atoms with Gasteiger partial charge >= 0.3 is 24.3 Å². The Labute approximate surface area is 322 Å².